The summed E-state index contributed by atoms with van der Waals surface area (Å²) < 4.78 is 10.3. The summed E-state index contributed by atoms with van der Waals surface area (Å²) in [5.41, 5.74) is 0.754. The molecule has 132 valence electrons. The predicted octanol–water partition coefficient (Wildman–Crippen LogP) is 3.59. The Morgan fingerprint density at radius 2 is 1.96 bits per heavy atom. The normalized spacial score (nSPS) is 10.0. The number of amides is 2. The molecule has 9 heteroatoms. The lowest BCUT2D eigenvalue weighted by atomic mass is 10.2. The van der Waals surface area contributed by atoms with Crippen LogP contribution in [0.2, 0.25) is 5.02 Å². The fourth-order valence-corrected chi connectivity index (χ4v) is 2.25. The van der Waals surface area contributed by atoms with Gasteiger partial charge in [-0.15, -0.1) is 0 Å². The lowest BCUT2D eigenvalue weighted by molar-refractivity contribution is -0.384. The molecule has 25 heavy (non-hydrogen) atoms. The van der Waals surface area contributed by atoms with Gasteiger partial charge in [-0.1, -0.05) is 11.6 Å². The Balaban J connectivity index is 2.06. The second-order valence-electron chi connectivity index (χ2n) is 4.91. The zero-order chi connectivity index (χ0) is 18.4. The summed E-state index contributed by atoms with van der Waals surface area (Å²) in [6.07, 6.45) is 0. The van der Waals surface area contributed by atoms with E-state index in [0.717, 1.165) is 0 Å². The third-order valence-electron chi connectivity index (χ3n) is 3.33. The van der Waals surface area contributed by atoms with Crippen molar-refractivity contribution in [1.82, 2.24) is 5.32 Å². The number of rotatable bonds is 6. The van der Waals surface area contributed by atoms with Gasteiger partial charge in [-0.3, -0.25) is 10.1 Å². The van der Waals surface area contributed by atoms with Gasteiger partial charge in [0.1, 0.15) is 11.5 Å². The summed E-state index contributed by atoms with van der Waals surface area (Å²) in [4.78, 5) is 22.4. The molecule has 2 aromatic carbocycles. The summed E-state index contributed by atoms with van der Waals surface area (Å²) in [6.45, 7) is 0.0264. The number of halogens is 1. The Hall–Kier alpha value is -3.00. The molecule has 0 aromatic heterocycles. The predicted molar refractivity (Wildman–Crippen MR) is 93.5 cm³/mol. The first-order valence-electron chi connectivity index (χ1n) is 7.14. The van der Waals surface area contributed by atoms with Crippen molar-refractivity contribution in [2.24, 2.45) is 0 Å². The van der Waals surface area contributed by atoms with Crippen LogP contribution in [0.1, 0.15) is 5.56 Å². The second-order valence-corrected chi connectivity index (χ2v) is 5.31. The van der Waals surface area contributed by atoms with Crippen molar-refractivity contribution in [3.63, 3.8) is 0 Å². The number of hydrogen-bond donors (Lipinski definition) is 2. The fraction of sp³-hybridized carbons (Fsp3) is 0.188. The molecule has 0 aliphatic heterocycles. The lowest BCUT2D eigenvalue weighted by Gasteiger charge is -2.13. The van der Waals surface area contributed by atoms with E-state index in [0.29, 0.717) is 27.8 Å². The molecule has 2 amide bonds. The van der Waals surface area contributed by atoms with E-state index in [1.165, 1.54) is 32.4 Å². The van der Waals surface area contributed by atoms with Gasteiger partial charge < -0.3 is 20.1 Å². The van der Waals surface area contributed by atoms with Crippen molar-refractivity contribution in [3.8, 4) is 11.5 Å². The number of nitrogens with one attached hydrogen (secondary N) is 2. The van der Waals surface area contributed by atoms with Crippen molar-refractivity contribution >= 4 is 29.0 Å². The highest BCUT2D eigenvalue weighted by Crippen LogP contribution is 2.29. The second kappa shape index (κ2) is 8.20. The van der Waals surface area contributed by atoms with E-state index in [9.17, 15) is 14.9 Å². The van der Waals surface area contributed by atoms with Crippen LogP contribution in [0.25, 0.3) is 0 Å². The van der Waals surface area contributed by atoms with Gasteiger partial charge in [-0.25, -0.2) is 4.79 Å². The molecule has 2 rings (SSSR count). The topological polar surface area (TPSA) is 103 Å². The molecule has 0 saturated heterocycles. The molecule has 0 radical (unpaired) electrons. The number of non-ortho nitro benzene ring substituents is 1. The van der Waals surface area contributed by atoms with Crippen molar-refractivity contribution < 1.29 is 19.2 Å². The number of benzene rings is 2. The SMILES string of the molecule is COc1ccc(OC)c(NC(=O)NCc2cc([N+](=O)[O-])ccc2Cl)c1. The average Bonchev–Trinajstić information content (AvgIpc) is 2.60. The molecule has 0 bridgehead atoms. The summed E-state index contributed by atoms with van der Waals surface area (Å²) in [7, 11) is 2.99. The van der Waals surface area contributed by atoms with Gasteiger partial charge in [0.05, 0.1) is 24.8 Å². The number of anilines is 1. The van der Waals surface area contributed by atoms with Crippen molar-refractivity contribution in [2.45, 2.75) is 6.54 Å². The lowest BCUT2D eigenvalue weighted by Crippen LogP contribution is -2.28. The molecule has 0 aliphatic rings. The monoisotopic (exact) mass is 365 g/mol. The van der Waals surface area contributed by atoms with E-state index in [1.54, 1.807) is 18.2 Å². The highest BCUT2D eigenvalue weighted by Gasteiger charge is 2.12. The minimum absolute atomic E-state index is 0.0264. The molecule has 0 unspecified atom stereocenters. The van der Waals surface area contributed by atoms with Crippen molar-refractivity contribution in [2.75, 3.05) is 19.5 Å². The van der Waals surface area contributed by atoms with E-state index in [-0.39, 0.29) is 12.2 Å². The van der Waals surface area contributed by atoms with Crippen LogP contribution in [-0.2, 0) is 6.54 Å². The quantitative estimate of drug-likeness (QED) is 0.601. The molecule has 8 nitrogen and oxygen atoms in total. The average molecular weight is 366 g/mol. The zero-order valence-corrected chi connectivity index (χ0v) is 14.3. The Kier molecular flexibility index (Phi) is 6.02. The van der Waals surface area contributed by atoms with Crippen LogP contribution in [0.15, 0.2) is 36.4 Å². The number of methoxy groups -OCH3 is 2. The highest BCUT2D eigenvalue weighted by atomic mass is 35.5. The van der Waals surface area contributed by atoms with Gasteiger partial charge in [0.15, 0.2) is 0 Å². The van der Waals surface area contributed by atoms with Crippen molar-refractivity contribution in [3.05, 3.63) is 57.1 Å². The maximum atomic E-state index is 12.1. The van der Waals surface area contributed by atoms with Gasteiger partial charge >= 0.3 is 6.03 Å². The Morgan fingerprint density at radius 1 is 1.20 bits per heavy atom. The Bertz CT molecular complexity index is 797. The first kappa shape index (κ1) is 18.3. The molecule has 2 aromatic rings. The fourth-order valence-electron chi connectivity index (χ4n) is 2.06. The number of carbonyl (C=O) groups is 1. The van der Waals surface area contributed by atoms with Gasteiger partial charge in [0.25, 0.3) is 5.69 Å². The van der Waals surface area contributed by atoms with Gasteiger partial charge in [0.2, 0.25) is 0 Å². The molecule has 0 heterocycles. The number of nitro groups is 1. The van der Waals surface area contributed by atoms with Crippen LogP contribution in [0.4, 0.5) is 16.2 Å². The van der Waals surface area contributed by atoms with Gasteiger partial charge in [-0.05, 0) is 23.8 Å². The van der Waals surface area contributed by atoms with Crippen LogP contribution >= 0.6 is 11.6 Å². The third kappa shape index (κ3) is 4.74. The third-order valence-corrected chi connectivity index (χ3v) is 3.70. The van der Waals surface area contributed by atoms with Crippen LogP contribution in [-0.4, -0.2) is 25.2 Å². The van der Waals surface area contributed by atoms with Gasteiger partial charge in [-0.2, -0.15) is 0 Å². The maximum absolute atomic E-state index is 12.1. The van der Waals surface area contributed by atoms with E-state index in [2.05, 4.69) is 10.6 Å². The standard InChI is InChI=1S/C16H16ClN3O5/c1-24-12-4-6-15(25-2)14(8-12)19-16(21)18-9-10-7-11(20(22)23)3-5-13(10)17/h3-8H,9H2,1-2H3,(H2,18,19,21). The number of carbonyl (C=O) groups excluding carboxylic acids is 1. The van der Waals surface area contributed by atoms with Crippen molar-refractivity contribution in [1.29, 1.82) is 0 Å². The van der Waals surface area contributed by atoms with E-state index >= 15 is 0 Å². The smallest absolute Gasteiger partial charge is 0.319 e. The summed E-state index contributed by atoms with van der Waals surface area (Å²) >= 11 is 6.00. The minimum atomic E-state index is -0.527. The van der Waals surface area contributed by atoms with E-state index < -0.39 is 11.0 Å². The molecular weight excluding hydrogens is 350 g/mol. The minimum Gasteiger partial charge on any atom is -0.497 e. The van der Waals surface area contributed by atoms with E-state index in [1.807, 2.05) is 0 Å². The number of nitro benzene ring substituents is 1. The first-order valence-corrected chi connectivity index (χ1v) is 7.52. The maximum Gasteiger partial charge on any atom is 0.319 e. The van der Waals surface area contributed by atoms with E-state index in [4.69, 9.17) is 21.1 Å². The number of ether oxygens (including phenoxy) is 2. The van der Waals surface area contributed by atoms with Crippen LogP contribution < -0.4 is 20.1 Å². The molecule has 2 N–H and O–H groups in total. The zero-order valence-electron chi connectivity index (χ0n) is 13.5. The van der Waals surface area contributed by atoms with Crippen LogP contribution in [0.3, 0.4) is 0 Å². The number of urea groups is 1. The molecule has 0 saturated carbocycles. The van der Waals surface area contributed by atoms with Crippen LogP contribution in [0, 0.1) is 10.1 Å². The first-order chi connectivity index (χ1) is 11.9. The molecule has 0 atom stereocenters. The number of nitrogens with zero attached hydrogens (tertiary/aromatic N) is 1. The Labute approximate surface area is 148 Å². The molecule has 0 spiro atoms. The molecule has 0 aliphatic carbocycles. The molecule has 0 fully saturated rings. The number of hydrogen-bond acceptors (Lipinski definition) is 5. The largest absolute Gasteiger partial charge is 0.497 e. The highest BCUT2D eigenvalue weighted by molar-refractivity contribution is 6.31. The van der Waals surface area contributed by atoms with Gasteiger partial charge in [0, 0.05) is 29.8 Å². The summed E-state index contributed by atoms with van der Waals surface area (Å²) in [6, 6.07) is 8.48. The summed E-state index contributed by atoms with van der Waals surface area (Å²) in [5.74, 6) is 1.02. The molecular formula is C16H16ClN3O5. The van der Waals surface area contributed by atoms with Crippen LogP contribution in [0.5, 0.6) is 11.5 Å². The summed E-state index contributed by atoms with van der Waals surface area (Å²) in [5, 5.41) is 16.4. The Morgan fingerprint density at radius 3 is 2.60 bits per heavy atom.